The lowest BCUT2D eigenvalue weighted by Gasteiger charge is -2.19. The number of carboxylic acids is 1. The summed E-state index contributed by atoms with van der Waals surface area (Å²) in [6.07, 6.45) is -0.937. The number of carboxylic acid groups (broad SMARTS) is 1. The Balaban J connectivity index is 1.48. The van der Waals surface area contributed by atoms with E-state index in [4.69, 9.17) is 16.3 Å². The third-order valence-electron chi connectivity index (χ3n) is 5.27. The molecule has 0 fully saturated rings. The first kappa shape index (κ1) is 20.0. The molecule has 152 valence electrons. The first-order valence-electron chi connectivity index (χ1n) is 9.61. The fourth-order valence-electron chi connectivity index (χ4n) is 3.93. The zero-order chi connectivity index (χ0) is 21.1. The molecule has 0 heterocycles. The quantitative estimate of drug-likeness (QED) is 0.559. The van der Waals surface area contributed by atoms with Crippen molar-refractivity contribution in [2.24, 2.45) is 0 Å². The Labute approximate surface area is 179 Å². The summed E-state index contributed by atoms with van der Waals surface area (Å²) in [7, 11) is 0. The van der Waals surface area contributed by atoms with Crippen LogP contribution in [0.5, 0.6) is 0 Å². The average molecular weight is 422 g/mol. The Morgan fingerprint density at radius 1 is 0.967 bits per heavy atom. The highest BCUT2D eigenvalue weighted by Crippen LogP contribution is 2.44. The summed E-state index contributed by atoms with van der Waals surface area (Å²) in [5, 5.41) is 12.4. The highest BCUT2D eigenvalue weighted by atomic mass is 35.5. The van der Waals surface area contributed by atoms with Crippen LogP contribution < -0.4 is 5.32 Å². The van der Waals surface area contributed by atoms with Crippen molar-refractivity contribution in [2.75, 3.05) is 6.61 Å². The number of hydrogen-bond acceptors (Lipinski definition) is 3. The van der Waals surface area contributed by atoms with Crippen LogP contribution in [0, 0.1) is 0 Å². The molecule has 2 N–H and O–H groups in total. The summed E-state index contributed by atoms with van der Waals surface area (Å²) in [6.45, 7) is 0.162. The van der Waals surface area contributed by atoms with Crippen molar-refractivity contribution in [1.29, 1.82) is 0 Å². The number of rotatable bonds is 6. The van der Waals surface area contributed by atoms with Crippen molar-refractivity contribution in [1.82, 2.24) is 5.32 Å². The van der Waals surface area contributed by atoms with Crippen molar-refractivity contribution in [3.63, 3.8) is 0 Å². The van der Waals surface area contributed by atoms with Gasteiger partial charge in [0.15, 0.2) is 0 Å². The van der Waals surface area contributed by atoms with Gasteiger partial charge in [-0.25, -0.2) is 4.79 Å². The number of fused-ring (bicyclic) bond motifs is 3. The Morgan fingerprint density at radius 3 is 2.20 bits per heavy atom. The monoisotopic (exact) mass is 421 g/mol. The first-order chi connectivity index (χ1) is 14.5. The summed E-state index contributed by atoms with van der Waals surface area (Å²) in [5.74, 6) is -1.09. The van der Waals surface area contributed by atoms with E-state index in [1.54, 1.807) is 24.3 Å². The molecule has 0 saturated carbocycles. The minimum atomic E-state index is -1.03. The Hall–Kier alpha value is -3.31. The number of carbonyl (C=O) groups is 2. The van der Waals surface area contributed by atoms with Gasteiger partial charge in [0.05, 0.1) is 12.5 Å². The van der Waals surface area contributed by atoms with Crippen LogP contribution in [0.15, 0.2) is 72.8 Å². The molecule has 0 aromatic heterocycles. The van der Waals surface area contributed by atoms with Crippen molar-refractivity contribution in [3.8, 4) is 11.1 Å². The number of halogens is 1. The van der Waals surface area contributed by atoms with Gasteiger partial charge >= 0.3 is 12.1 Å². The fourth-order valence-corrected chi connectivity index (χ4v) is 4.13. The summed E-state index contributed by atoms with van der Waals surface area (Å²) >= 11 is 6.01. The number of hydrogen-bond donors (Lipinski definition) is 2. The molecule has 4 rings (SSSR count). The van der Waals surface area contributed by atoms with Gasteiger partial charge in [-0.3, -0.25) is 4.79 Å². The summed E-state index contributed by atoms with van der Waals surface area (Å²) in [6, 6.07) is 22.2. The van der Waals surface area contributed by atoms with Crippen LogP contribution in [-0.2, 0) is 9.53 Å². The van der Waals surface area contributed by atoms with Crippen LogP contribution in [-0.4, -0.2) is 23.8 Å². The molecule has 0 radical (unpaired) electrons. The standard InChI is InChI=1S/C24H20ClNO4/c25-16-7-5-6-15(12-16)22(13-23(27)28)26-24(29)30-14-21-19-10-3-1-8-17(19)18-9-2-4-11-20(18)21/h1-12,21-22H,13-14H2,(H,26,29)(H,27,28)/t22-/m1/s1. The van der Waals surface area contributed by atoms with Gasteiger partial charge in [-0.2, -0.15) is 0 Å². The van der Waals surface area contributed by atoms with Gasteiger partial charge in [0, 0.05) is 10.9 Å². The molecule has 1 amide bonds. The molecule has 3 aromatic carbocycles. The zero-order valence-electron chi connectivity index (χ0n) is 16.0. The smallest absolute Gasteiger partial charge is 0.407 e. The van der Waals surface area contributed by atoms with Gasteiger partial charge in [0.1, 0.15) is 6.61 Å². The molecular formula is C24H20ClNO4. The Kier molecular flexibility index (Phi) is 5.72. The van der Waals surface area contributed by atoms with E-state index in [1.807, 2.05) is 36.4 Å². The largest absolute Gasteiger partial charge is 0.481 e. The molecular weight excluding hydrogens is 402 g/mol. The van der Waals surface area contributed by atoms with Crippen LogP contribution >= 0.6 is 11.6 Å². The maximum Gasteiger partial charge on any atom is 0.407 e. The summed E-state index contributed by atoms with van der Waals surface area (Å²) in [4.78, 5) is 23.8. The van der Waals surface area contributed by atoms with Gasteiger partial charge in [0.2, 0.25) is 0 Å². The second-order valence-corrected chi connectivity index (χ2v) is 7.61. The van der Waals surface area contributed by atoms with E-state index in [9.17, 15) is 14.7 Å². The van der Waals surface area contributed by atoms with E-state index in [0.29, 0.717) is 10.6 Å². The first-order valence-corrected chi connectivity index (χ1v) is 9.99. The number of nitrogens with one attached hydrogen (secondary N) is 1. The van der Waals surface area contributed by atoms with Crippen molar-refractivity contribution < 1.29 is 19.4 Å². The SMILES string of the molecule is O=C(O)C[C@@H](NC(=O)OCC1c2ccccc2-c2ccccc21)c1cccc(Cl)c1. The Morgan fingerprint density at radius 2 is 1.60 bits per heavy atom. The van der Waals surface area contributed by atoms with Gasteiger partial charge in [-0.15, -0.1) is 0 Å². The molecule has 0 bridgehead atoms. The van der Waals surface area contributed by atoms with E-state index >= 15 is 0 Å². The lowest BCUT2D eigenvalue weighted by molar-refractivity contribution is -0.137. The van der Waals surface area contributed by atoms with Crippen LogP contribution in [0.2, 0.25) is 5.02 Å². The normalized spacial score (nSPS) is 13.2. The molecule has 1 aliphatic rings. The molecule has 0 spiro atoms. The topological polar surface area (TPSA) is 75.6 Å². The highest BCUT2D eigenvalue weighted by Gasteiger charge is 2.29. The minimum Gasteiger partial charge on any atom is -0.481 e. The van der Waals surface area contributed by atoms with Crippen LogP contribution in [0.4, 0.5) is 4.79 Å². The van der Waals surface area contributed by atoms with E-state index in [1.165, 1.54) is 0 Å². The second-order valence-electron chi connectivity index (χ2n) is 7.18. The molecule has 30 heavy (non-hydrogen) atoms. The molecule has 1 atom stereocenters. The van der Waals surface area contributed by atoms with Crippen LogP contribution in [0.3, 0.4) is 0 Å². The van der Waals surface area contributed by atoms with E-state index in [2.05, 4.69) is 17.4 Å². The Bertz CT molecular complexity index is 1050. The predicted octanol–water partition coefficient (Wildman–Crippen LogP) is 5.39. The maximum absolute atomic E-state index is 12.5. The zero-order valence-corrected chi connectivity index (χ0v) is 16.8. The van der Waals surface area contributed by atoms with E-state index < -0.39 is 18.1 Å². The van der Waals surface area contributed by atoms with Gasteiger partial charge in [-0.05, 0) is 39.9 Å². The predicted molar refractivity (Wildman–Crippen MR) is 115 cm³/mol. The van der Waals surface area contributed by atoms with Crippen LogP contribution in [0.25, 0.3) is 11.1 Å². The lowest BCUT2D eigenvalue weighted by Crippen LogP contribution is -2.31. The number of aliphatic carboxylic acids is 1. The minimum absolute atomic E-state index is 0.0627. The number of carbonyl (C=O) groups excluding carboxylic acids is 1. The molecule has 3 aromatic rings. The maximum atomic E-state index is 12.5. The van der Waals surface area contributed by atoms with Gasteiger partial charge in [-0.1, -0.05) is 72.3 Å². The van der Waals surface area contributed by atoms with Gasteiger partial charge in [0.25, 0.3) is 0 Å². The molecule has 1 aliphatic carbocycles. The third kappa shape index (κ3) is 4.16. The number of alkyl carbamates (subject to hydrolysis) is 1. The fraction of sp³-hybridized carbons (Fsp3) is 0.167. The molecule has 0 aliphatic heterocycles. The summed E-state index contributed by atoms with van der Waals surface area (Å²) in [5.41, 5.74) is 5.12. The number of benzene rings is 3. The summed E-state index contributed by atoms with van der Waals surface area (Å²) < 4.78 is 5.53. The number of amides is 1. The number of ether oxygens (including phenoxy) is 1. The molecule has 5 nitrogen and oxygen atoms in total. The van der Waals surface area contributed by atoms with Crippen LogP contribution in [0.1, 0.15) is 35.1 Å². The second kappa shape index (κ2) is 8.59. The molecule has 6 heteroatoms. The van der Waals surface area contributed by atoms with Gasteiger partial charge < -0.3 is 15.2 Å². The highest BCUT2D eigenvalue weighted by molar-refractivity contribution is 6.30. The van der Waals surface area contributed by atoms with Crippen molar-refractivity contribution >= 4 is 23.7 Å². The lowest BCUT2D eigenvalue weighted by atomic mass is 9.98. The van der Waals surface area contributed by atoms with E-state index in [-0.39, 0.29) is 18.9 Å². The third-order valence-corrected chi connectivity index (χ3v) is 5.50. The molecule has 0 unspecified atom stereocenters. The van der Waals surface area contributed by atoms with Crippen molar-refractivity contribution in [3.05, 3.63) is 94.5 Å². The van der Waals surface area contributed by atoms with Crippen molar-refractivity contribution in [2.45, 2.75) is 18.4 Å². The molecule has 0 saturated heterocycles. The average Bonchev–Trinajstić information content (AvgIpc) is 3.05. The van der Waals surface area contributed by atoms with E-state index in [0.717, 1.165) is 22.3 Å².